The number of sulfonamides is 1. The van der Waals surface area contributed by atoms with Crippen molar-refractivity contribution in [1.29, 1.82) is 0 Å². The standard InChI is InChI=1S/C16H16N2O3S.C9H11N3O3S2/c1-20-13-7-3-11(4-8-13)15(19)18-16(22)17-12-5-9-14(21-2)10-6-12;1-6-2-4-7(5-3-6)17(14,15)12-9(13)11-8(10)16/h3-10H,1-2H3,(H2,17,18,19,22);2-5H,1H3,(H4,10,11,12,13,16). The fraction of sp³-hybridized carbons (Fsp3) is 0.120. The maximum atomic E-state index is 12.0. The van der Waals surface area contributed by atoms with E-state index in [1.165, 1.54) is 12.1 Å². The highest BCUT2D eigenvalue weighted by Gasteiger charge is 2.17. The average Bonchev–Trinajstić information content (AvgIpc) is 2.89. The Morgan fingerprint density at radius 3 is 1.79 bits per heavy atom. The van der Waals surface area contributed by atoms with Crippen LogP contribution in [0.1, 0.15) is 15.9 Å². The number of carbonyl (C=O) groups excluding carboxylic acids is 2. The molecular weight excluding hydrogens is 563 g/mol. The summed E-state index contributed by atoms with van der Waals surface area (Å²) < 4.78 is 35.3. The normalized spacial score (nSPS) is 10.1. The first-order chi connectivity index (χ1) is 18.4. The summed E-state index contributed by atoms with van der Waals surface area (Å²) in [7, 11) is -0.727. The van der Waals surface area contributed by atoms with E-state index >= 15 is 0 Å². The van der Waals surface area contributed by atoms with E-state index in [2.05, 4.69) is 22.9 Å². The molecule has 3 rings (SSSR count). The fourth-order valence-corrected chi connectivity index (χ4v) is 4.00. The molecule has 3 aromatic rings. The summed E-state index contributed by atoms with van der Waals surface area (Å²) in [6.45, 7) is 1.82. The number of urea groups is 1. The first kappa shape index (κ1) is 31.0. The Balaban J connectivity index is 0.000000283. The Bertz CT molecular complexity index is 1410. The van der Waals surface area contributed by atoms with E-state index in [9.17, 15) is 18.0 Å². The Hall–Kier alpha value is -4.27. The summed E-state index contributed by atoms with van der Waals surface area (Å²) in [4.78, 5) is 23.2. The summed E-state index contributed by atoms with van der Waals surface area (Å²) in [5.41, 5.74) is 7.21. The molecule has 0 aliphatic rings. The maximum absolute atomic E-state index is 12.0. The number of rotatable bonds is 6. The molecule has 0 bridgehead atoms. The van der Waals surface area contributed by atoms with Gasteiger partial charge in [0.15, 0.2) is 10.2 Å². The lowest BCUT2D eigenvalue weighted by Gasteiger charge is -2.10. The highest BCUT2D eigenvalue weighted by molar-refractivity contribution is 7.90. The van der Waals surface area contributed by atoms with Crippen LogP contribution in [0.3, 0.4) is 0 Å². The Kier molecular flexibility index (Phi) is 11.6. The maximum Gasteiger partial charge on any atom is 0.334 e. The number of nitrogens with one attached hydrogen (secondary N) is 4. The van der Waals surface area contributed by atoms with Crippen molar-refractivity contribution in [2.75, 3.05) is 19.5 Å². The van der Waals surface area contributed by atoms with Crippen LogP contribution in [0.15, 0.2) is 77.7 Å². The third-order valence-corrected chi connectivity index (χ3v) is 6.38. The van der Waals surface area contributed by atoms with Gasteiger partial charge < -0.3 is 20.5 Å². The second kappa shape index (κ2) is 14.6. The van der Waals surface area contributed by atoms with Crippen LogP contribution in [0.2, 0.25) is 0 Å². The molecule has 39 heavy (non-hydrogen) atoms. The van der Waals surface area contributed by atoms with E-state index in [1.807, 2.05) is 24.4 Å². The van der Waals surface area contributed by atoms with Gasteiger partial charge >= 0.3 is 6.03 Å². The van der Waals surface area contributed by atoms with Gasteiger partial charge in [-0.2, -0.15) is 0 Å². The number of carbonyl (C=O) groups is 2. The van der Waals surface area contributed by atoms with Gasteiger partial charge in [-0.1, -0.05) is 17.7 Å². The Morgan fingerprint density at radius 2 is 1.31 bits per heavy atom. The largest absolute Gasteiger partial charge is 0.497 e. The van der Waals surface area contributed by atoms with Gasteiger partial charge in [-0.15, -0.1) is 0 Å². The number of nitrogens with two attached hydrogens (primary N) is 1. The number of benzene rings is 3. The zero-order chi connectivity index (χ0) is 29.0. The number of aryl methyl sites for hydroxylation is 1. The molecule has 0 heterocycles. The molecule has 3 amide bonds. The van der Waals surface area contributed by atoms with Gasteiger partial charge in [0.2, 0.25) is 0 Å². The number of hydrogen-bond acceptors (Lipinski definition) is 8. The molecule has 6 N–H and O–H groups in total. The van der Waals surface area contributed by atoms with Crippen LogP contribution in [0.25, 0.3) is 0 Å². The van der Waals surface area contributed by atoms with Crippen LogP contribution in [0.5, 0.6) is 11.5 Å². The third kappa shape index (κ3) is 10.6. The van der Waals surface area contributed by atoms with Gasteiger partial charge in [0, 0.05) is 11.3 Å². The van der Waals surface area contributed by atoms with Gasteiger partial charge in [0.25, 0.3) is 15.9 Å². The van der Waals surface area contributed by atoms with E-state index in [0.717, 1.165) is 17.0 Å². The third-order valence-electron chi connectivity index (χ3n) is 4.72. The minimum atomic E-state index is -3.90. The van der Waals surface area contributed by atoms with Gasteiger partial charge in [-0.3, -0.25) is 15.4 Å². The lowest BCUT2D eigenvalue weighted by Crippen LogP contribution is -2.44. The highest BCUT2D eigenvalue weighted by Crippen LogP contribution is 2.15. The Morgan fingerprint density at radius 1 is 0.795 bits per heavy atom. The molecule has 0 saturated carbocycles. The molecule has 0 spiro atoms. The molecule has 0 fully saturated rings. The van der Waals surface area contributed by atoms with Crippen molar-refractivity contribution in [3.05, 3.63) is 83.9 Å². The molecule has 0 atom stereocenters. The van der Waals surface area contributed by atoms with Gasteiger partial charge in [-0.25, -0.2) is 17.9 Å². The predicted molar refractivity (Wildman–Crippen MR) is 156 cm³/mol. The van der Waals surface area contributed by atoms with Crippen molar-refractivity contribution in [2.45, 2.75) is 11.8 Å². The zero-order valence-electron chi connectivity index (χ0n) is 21.2. The molecule has 0 aromatic heterocycles. The molecular formula is C25H27N5O6S3. The molecule has 14 heteroatoms. The van der Waals surface area contributed by atoms with Crippen molar-refractivity contribution >= 4 is 62.3 Å². The van der Waals surface area contributed by atoms with E-state index < -0.39 is 16.1 Å². The van der Waals surface area contributed by atoms with Gasteiger partial charge in [0.05, 0.1) is 19.1 Å². The first-order valence-electron chi connectivity index (χ1n) is 11.0. The molecule has 0 radical (unpaired) electrons. The summed E-state index contributed by atoms with van der Waals surface area (Å²) in [5, 5.41) is 7.44. The van der Waals surface area contributed by atoms with Crippen molar-refractivity contribution in [2.24, 2.45) is 5.73 Å². The monoisotopic (exact) mass is 589 g/mol. The second-order valence-corrected chi connectivity index (χ2v) is 10.1. The van der Waals surface area contributed by atoms with E-state index in [4.69, 9.17) is 27.4 Å². The minimum absolute atomic E-state index is 0.0128. The molecule has 0 saturated heterocycles. The van der Waals surface area contributed by atoms with Crippen molar-refractivity contribution in [1.82, 2.24) is 15.4 Å². The molecule has 11 nitrogen and oxygen atoms in total. The lowest BCUT2D eigenvalue weighted by atomic mass is 10.2. The van der Waals surface area contributed by atoms with Gasteiger partial charge in [-0.05, 0) is 92.0 Å². The molecule has 206 valence electrons. The number of amides is 3. The van der Waals surface area contributed by atoms with Crippen LogP contribution in [0.4, 0.5) is 10.5 Å². The minimum Gasteiger partial charge on any atom is -0.497 e. The molecule has 0 unspecified atom stereocenters. The number of thiocarbonyl (C=S) groups is 2. The quantitative estimate of drug-likeness (QED) is 0.270. The molecule has 0 aliphatic heterocycles. The van der Waals surface area contributed by atoms with Crippen LogP contribution < -0.4 is 35.9 Å². The summed E-state index contributed by atoms with van der Waals surface area (Å²) in [6.07, 6.45) is 0. The van der Waals surface area contributed by atoms with Gasteiger partial charge in [0.1, 0.15) is 11.5 Å². The van der Waals surface area contributed by atoms with E-state index in [-0.39, 0.29) is 21.0 Å². The fourth-order valence-electron chi connectivity index (χ4n) is 2.79. The number of hydrogen-bond donors (Lipinski definition) is 5. The topological polar surface area (TPSA) is 161 Å². The number of ether oxygens (including phenoxy) is 2. The van der Waals surface area contributed by atoms with E-state index in [0.29, 0.717) is 11.3 Å². The lowest BCUT2D eigenvalue weighted by molar-refractivity contribution is 0.0977. The van der Waals surface area contributed by atoms with Crippen molar-refractivity contribution in [3.8, 4) is 11.5 Å². The van der Waals surface area contributed by atoms with Crippen LogP contribution in [-0.2, 0) is 10.0 Å². The highest BCUT2D eigenvalue weighted by atomic mass is 32.2. The smallest absolute Gasteiger partial charge is 0.334 e. The van der Waals surface area contributed by atoms with Crippen LogP contribution in [-0.4, -0.2) is 44.8 Å². The van der Waals surface area contributed by atoms with Crippen molar-refractivity contribution in [3.63, 3.8) is 0 Å². The number of methoxy groups -OCH3 is 2. The molecule has 0 aliphatic carbocycles. The van der Waals surface area contributed by atoms with Crippen molar-refractivity contribution < 1.29 is 27.5 Å². The number of anilines is 1. The second-order valence-electron chi connectivity index (χ2n) is 7.60. The summed E-state index contributed by atoms with van der Waals surface area (Å²) in [5.74, 6) is 1.16. The SMILES string of the molecule is COc1ccc(NC(=S)NC(=O)c2ccc(OC)cc2)cc1.Cc1ccc(S(=O)(=O)NC(=O)NC(N)=S)cc1. The van der Waals surface area contributed by atoms with E-state index in [1.54, 1.807) is 67.5 Å². The first-order valence-corrected chi connectivity index (χ1v) is 13.3. The van der Waals surface area contributed by atoms with Crippen LogP contribution >= 0.6 is 24.4 Å². The van der Waals surface area contributed by atoms with Crippen LogP contribution in [0, 0.1) is 6.92 Å². The summed E-state index contributed by atoms with van der Waals surface area (Å²) in [6, 6.07) is 19.1. The average molecular weight is 590 g/mol. The molecule has 3 aromatic carbocycles. The summed E-state index contributed by atoms with van der Waals surface area (Å²) >= 11 is 9.53. The predicted octanol–water partition coefficient (Wildman–Crippen LogP) is 3.06. The zero-order valence-corrected chi connectivity index (χ0v) is 23.6. The Labute approximate surface area is 237 Å².